The molecule has 0 aliphatic carbocycles. The molecule has 3 rings (SSSR count). The minimum Gasteiger partial charge on any atom is -0.392 e. The Kier molecular flexibility index (Phi) is 3.82. The maximum absolute atomic E-state index is 13.2. The Morgan fingerprint density at radius 3 is 3.00 bits per heavy atom. The Balaban J connectivity index is 1.87. The number of aliphatic hydroxyl groups is 1. The molecule has 0 radical (unpaired) electrons. The Hall–Kier alpha value is -1.31. The molecule has 7 heteroatoms. The SMILES string of the molecule is OC1CCOCC1c1nc(-c2ccc(F)c(Br)c2)no1. The summed E-state index contributed by atoms with van der Waals surface area (Å²) in [6.45, 7) is 0.888. The molecule has 106 valence electrons. The first-order chi connectivity index (χ1) is 9.65. The van der Waals surface area contributed by atoms with Gasteiger partial charge in [0.15, 0.2) is 0 Å². The molecule has 1 aromatic heterocycles. The van der Waals surface area contributed by atoms with E-state index >= 15 is 0 Å². The van der Waals surface area contributed by atoms with Gasteiger partial charge in [0.2, 0.25) is 11.7 Å². The fraction of sp³-hybridized carbons (Fsp3) is 0.385. The van der Waals surface area contributed by atoms with Crippen molar-refractivity contribution >= 4 is 15.9 Å². The van der Waals surface area contributed by atoms with Gasteiger partial charge in [-0.3, -0.25) is 0 Å². The zero-order valence-electron chi connectivity index (χ0n) is 10.4. The molecule has 0 amide bonds. The van der Waals surface area contributed by atoms with Crippen LogP contribution in [-0.2, 0) is 4.74 Å². The van der Waals surface area contributed by atoms with Crippen LogP contribution in [0.2, 0.25) is 0 Å². The van der Waals surface area contributed by atoms with Gasteiger partial charge in [0.25, 0.3) is 0 Å². The molecular weight excluding hydrogens is 331 g/mol. The minimum atomic E-state index is -0.544. The smallest absolute Gasteiger partial charge is 0.235 e. The molecule has 1 aromatic carbocycles. The minimum absolute atomic E-state index is 0.311. The number of rotatable bonds is 2. The lowest BCUT2D eigenvalue weighted by Crippen LogP contribution is -2.30. The fourth-order valence-corrected chi connectivity index (χ4v) is 2.48. The molecule has 1 aliphatic rings. The summed E-state index contributed by atoms with van der Waals surface area (Å²) >= 11 is 3.12. The first kappa shape index (κ1) is 13.7. The van der Waals surface area contributed by atoms with E-state index in [9.17, 15) is 9.50 Å². The number of ether oxygens (including phenoxy) is 1. The van der Waals surface area contributed by atoms with Crippen LogP contribution in [0.4, 0.5) is 4.39 Å². The van der Waals surface area contributed by atoms with Crippen molar-refractivity contribution in [1.82, 2.24) is 10.1 Å². The predicted molar refractivity (Wildman–Crippen MR) is 71.6 cm³/mol. The van der Waals surface area contributed by atoms with Gasteiger partial charge in [0.05, 0.1) is 23.1 Å². The van der Waals surface area contributed by atoms with Crippen molar-refractivity contribution in [2.45, 2.75) is 18.4 Å². The van der Waals surface area contributed by atoms with Gasteiger partial charge in [-0.1, -0.05) is 5.16 Å². The molecule has 20 heavy (non-hydrogen) atoms. The highest BCUT2D eigenvalue weighted by atomic mass is 79.9. The van der Waals surface area contributed by atoms with Gasteiger partial charge < -0.3 is 14.4 Å². The lowest BCUT2D eigenvalue weighted by molar-refractivity contribution is -0.0149. The van der Waals surface area contributed by atoms with E-state index in [0.29, 0.717) is 41.4 Å². The fourth-order valence-electron chi connectivity index (χ4n) is 2.10. The second kappa shape index (κ2) is 5.59. The van der Waals surface area contributed by atoms with E-state index in [1.165, 1.54) is 6.07 Å². The van der Waals surface area contributed by atoms with Crippen molar-refractivity contribution in [2.24, 2.45) is 0 Å². The highest BCUT2D eigenvalue weighted by Crippen LogP contribution is 2.28. The number of hydrogen-bond donors (Lipinski definition) is 1. The molecular formula is C13H12BrFN2O3. The maximum Gasteiger partial charge on any atom is 0.235 e. The highest BCUT2D eigenvalue weighted by Gasteiger charge is 2.30. The van der Waals surface area contributed by atoms with Crippen LogP contribution >= 0.6 is 15.9 Å². The van der Waals surface area contributed by atoms with E-state index in [-0.39, 0.29) is 11.7 Å². The molecule has 0 bridgehead atoms. The molecule has 2 atom stereocenters. The van der Waals surface area contributed by atoms with Gasteiger partial charge in [-0.2, -0.15) is 4.98 Å². The third-order valence-electron chi connectivity index (χ3n) is 3.26. The summed E-state index contributed by atoms with van der Waals surface area (Å²) in [4.78, 5) is 4.26. The van der Waals surface area contributed by atoms with Gasteiger partial charge in [0.1, 0.15) is 5.82 Å². The maximum atomic E-state index is 13.2. The lowest BCUT2D eigenvalue weighted by Gasteiger charge is -2.24. The molecule has 0 spiro atoms. The van der Waals surface area contributed by atoms with Gasteiger partial charge in [0, 0.05) is 12.2 Å². The molecule has 1 aliphatic heterocycles. The van der Waals surface area contributed by atoms with E-state index in [4.69, 9.17) is 9.26 Å². The van der Waals surface area contributed by atoms with E-state index in [2.05, 4.69) is 26.1 Å². The molecule has 2 heterocycles. The van der Waals surface area contributed by atoms with Crippen molar-refractivity contribution in [2.75, 3.05) is 13.2 Å². The second-order valence-electron chi connectivity index (χ2n) is 4.62. The van der Waals surface area contributed by atoms with E-state index in [0.717, 1.165) is 0 Å². The van der Waals surface area contributed by atoms with Crippen molar-refractivity contribution in [3.8, 4) is 11.4 Å². The van der Waals surface area contributed by atoms with Crippen LogP contribution in [0, 0.1) is 5.82 Å². The van der Waals surface area contributed by atoms with Crippen LogP contribution in [-0.4, -0.2) is 34.6 Å². The Bertz CT molecular complexity index is 619. The summed E-state index contributed by atoms with van der Waals surface area (Å²) in [6.07, 6.45) is 0.00167. The zero-order valence-corrected chi connectivity index (χ0v) is 12.0. The summed E-state index contributed by atoms with van der Waals surface area (Å²) < 4.78 is 24.0. The number of benzene rings is 1. The molecule has 1 fully saturated rings. The van der Waals surface area contributed by atoms with Crippen LogP contribution in [0.5, 0.6) is 0 Å². The van der Waals surface area contributed by atoms with E-state index < -0.39 is 6.10 Å². The first-order valence-electron chi connectivity index (χ1n) is 6.20. The summed E-state index contributed by atoms with van der Waals surface area (Å²) in [5.74, 6) is 0.0357. The standard InChI is InChI=1S/C13H12BrFN2O3/c14-9-5-7(1-2-10(9)15)12-16-13(20-17-12)8-6-19-4-3-11(8)18/h1-2,5,8,11,18H,3-4,6H2. The van der Waals surface area contributed by atoms with Crippen molar-refractivity contribution < 1.29 is 18.8 Å². The summed E-state index contributed by atoms with van der Waals surface area (Å²) in [7, 11) is 0. The Morgan fingerprint density at radius 1 is 1.40 bits per heavy atom. The van der Waals surface area contributed by atoms with E-state index in [1.54, 1.807) is 12.1 Å². The number of aromatic nitrogens is 2. The lowest BCUT2D eigenvalue weighted by atomic mass is 9.99. The number of nitrogens with zero attached hydrogens (tertiary/aromatic N) is 2. The van der Waals surface area contributed by atoms with Crippen LogP contribution in [0.15, 0.2) is 27.2 Å². The van der Waals surface area contributed by atoms with Crippen LogP contribution in [0.3, 0.4) is 0 Å². The summed E-state index contributed by atoms with van der Waals surface area (Å²) in [5.41, 5.74) is 0.638. The average molecular weight is 343 g/mol. The van der Waals surface area contributed by atoms with Crippen molar-refractivity contribution in [3.63, 3.8) is 0 Å². The van der Waals surface area contributed by atoms with Crippen LogP contribution in [0.1, 0.15) is 18.2 Å². The Morgan fingerprint density at radius 2 is 2.25 bits per heavy atom. The number of halogens is 2. The van der Waals surface area contributed by atoms with Crippen LogP contribution < -0.4 is 0 Å². The predicted octanol–water partition coefficient (Wildman–Crippen LogP) is 2.50. The van der Waals surface area contributed by atoms with Crippen molar-refractivity contribution in [1.29, 1.82) is 0 Å². The molecule has 2 unspecified atom stereocenters. The van der Waals surface area contributed by atoms with E-state index in [1.807, 2.05) is 0 Å². The Labute approximate surface area is 122 Å². The normalized spacial score (nSPS) is 22.9. The molecule has 1 saturated heterocycles. The van der Waals surface area contributed by atoms with Gasteiger partial charge in [-0.05, 0) is 40.5 Å². The molecule has 0 saturated carbocycles. The highest BCUT2D eigenvalue weighted by molar-refractivity contribution is 9.10. The number of aliphatic hydroxyl groups excluding tert-OH is 1. The second-order valence-corrected chi connectivity index (χ2v) is 5.48. The topological polar surface area (TPSA) is 68.4 Å². The largest absolute Gasteiger partial charge is 0.392 e. The average Bonchev–Trinajstić information content (AvgIpc) is 2.92. The number of hydrogen-bond acceptors (Lipinski definition) is 5. The van der Waals surface area contributed by atoms with Gasteiger partial charge in [-0.15, -0.1) is 0 Å². The van der Waals surface area contributed by atoms with Gasteiger partial charge in [-0.25, -0.2) is 4.39 Å². The summed E-state index contributed by atoms with van der Waals surface area (Å²) in [5, 5.41) is 13.8. The molecule has 1 N–H and O–H groups in total. The quantitative estimate of drug-likeness (QED) is 0.908. The third-order valence-corrected chi connectivity index (χ3v) is 3.86. The zero-order chi connectivity index (χ0) is 14.1. The van der Waals surface area contributed by atoms with Crippen LogP contribution in [0.25, 0.3) is 11.4 Å². The monoisotopic (exact) mass is 342 g/mol. The van der Waals surface area contributed by atoms with Gasteiger partial charge >= 0.3 is 0 Å². The van der Waals surface area contributed by atoms with Crippen molar-refractivity contribution in [3.05, 3.63) is 34.4 Å². The summed E-state index contributed by atoms with van der Waals surface area (Å²) in [6, 6.07) is 4.48. The first-order valence-corrected chi connectivity index (χ1v) is 6.99. The molecule has 5 nitrogen and oxygen atoms in total. The third kappa shape index (κ3) is 2.61. The molecule has 2 aromatic rings.